The maximum Gasteiger partial charge on any atom is 0.383 e. The third kappa shape index (κ3) is 12.9. The Morgan fingerprint density at radius 1 is 0.800 bits per heavy atom. The van der Waals surface area contributed by atoms with Crippen LogP contribution in [0.15, 0.2) is 62.9 Å². The quantitative estimate of drug-likeness (QED) is 0.0876. The van der Waals surface area contributed by atoms with Crippen molar-refractivity contribution in [2.45, 2.75) is 112 Å². The average Bonchev–Trinajstić information content (AvgIpc) is 2.92. The van der Waals surface area contributed by atoms with E-state index in [4.69, 9.17) is 18.6 Å². The van der Waals surface area contributed by atoms with Gasteiger partial charge in [-0.1, -0.05) is 88.2 Å². The molecule has 5 nitrogen and oxygen atoms in total. The number of allylic oxidation sites excluding steroid dienone is 4. The summed E-state index contributed by atoms with van der Waals surface area (Å²) in [5, 5.41) is 0.703. The molecular formula is C35H52O5. The van der Waals surface area contributed by atoms with Crippen molar-refractivity contribution in [3.05, 3.63) is 64.1 Å². The third-order valence-electron chi connectivity index (χ3n) is 6.74. The minimum atomic E-state index is -0.536. The van der Waals surface area contributed by atoms with Gasteiger partial charge in [-0.05, 0) is 71.1 Å². The lowest BCUT2D eigenvalue weighted by molar-refractivity contribution is 0.275. The molecule has 0 unspecified atom stereocenters. The van der Waals surface area contributed by atoms with E-state index in [2.05, 4.69) is 58.9 Å². The Morgan fingerprint density at radius 2 is 1.55 bits per heavy atom. The normalized spacial score (nSPS) is 11.8. The van der Waals surface area contributed by atoms with Gasteiger partial charge in [0.15, 0.2) is 5.75 Å². The number of fused-ring (bicyclic) bond motifs is 1. The van der Waals surface area contributed by atoms with Crippen molar-refractivity contribution < 1.29 is 18.6 Å². The molecule has 0 atom stereocenters. The highest BCUT2D eigenvalue weighted by atomic mass is 16.5. The molecule has 2 rings (SSSR count). The van der Waals surface area contributed by atoms with Gasteiger partial charge in [-0.2, -0.15) is 0 Å². The Kier molecular flexibility index (Phi) is 16.6. The van der Waals surface area contributed by atoms with Crippen LogP contribution < -0.4 is 19.8 Å². The van der Waals surface area contributed by atoms with Crippen LogP contribution in [0.4, 0.5) is 0 Å². The predicted molar refractivity (Wildman–Crippen MR) is 168 cm³/mol. The third-order valence-corrected chi connectivity index (χ3v) is 6.74. The summed E-state index contributed by atoms with van der Waals surface area (Å²) >= 11 is 0. The second-order valence-electron chi connectivity index (χ2n) is 10.7. The van der Waals surface area contributed by atoms with E-state index in [0.29, 0.717) is 48.7 Å². The molecule has 0 amide bonds. The van der Waals surface area contributed by atoms with E-state index >= 15 is 0 Å². The Hall–Kier alpha value is -2.95. The molecule has 0 aliphatic carbocycles. The lowest BCUT2D eigenvalue weighted by atomic mass is 10.1. The second-order valence-corrected chi connectivity index (χ2v) is 10.7. The van der Waals surface area contributed by atoms with Gasteiger partial charge in [0.1, 0.15) is 17.9 Å². The summed E-state index contributed by atoms with van der Waals surface area (Å²) in [7, 11) is 0. The van der Waals surface area contributed by atoms with Gasteiger partial charge in [0.05, 0.1) is 18.6 Å². The van der Waals surface area contributed by atoms with E-state index in [1.165, 1.54) is 56.1 Å². The minimum Gasteiger partial charge on any atom is -0.493 e. The zero-order valence-electron chi connectivity index (χ0n) is 25.7. The maximum atomic E-state index is 13.0. The summed E-state index contributed by atoms with van der Waals surface area (Å²) in [6.07, 6.45) is 22.1. The smallest absolute Gasteiger partial charge is 0.383 e. The molecule has 1 aromatic carbocycles. The molecule has 0 aliphatic heterocycles. The first-order chi connectivity index (χ1) is 19.5. The fourth-order valence-corrected chi connectivity index (χ4v) is 4.39. The van der Waals surface area contributed by atoms with Crippen molar-refractivity contribution in [1.82, 2.24) is 0 Å². The van der Waals surface area contributed by atoms with Crippen LogP contribution in [0.5, 0.6) is 17.2 Å². The van der Waals surface area contributed by atoms with Crippen LogP contribution in [0, 0.1) is 0 Å². The van der Waals surface area contributed by atoms with Crippen molar-refractivity contribution in [1.29, 1.82) is 0 Å². The lowest BCUT2D eigenvalue weighted by Crippen LogP contribution is -2.11. The van der Waals surface area contributed by atoms with Crippen LogP contribution in [0.2, 0.25) is 0 Å². The SMILES string of the molecule is CCC=CCCOc1c(OC/C=C(\C)CCC=C(C)C)c2ccc(OCCCCCCCCCC)cc2oc1=O. The number of hydrogen-bond donors (Lipinski definition) is 0. The summed E-state index contributed by atoms with van der Waals surface area (Å²) in [5.74, 6) is 1.24. The molecule has 0 aliphatic rings. The molecule has 0 spiro atoms. The van der Waals surface area contributed by atoms with E-state index in [1.54, 1.807) is 6.07 Å². The van der Waals surface area contributed by atoms with Crippen LogP contribution in [-0.2, 0) is 0 Å². The van der Waals surface area contributed by atoms with E-state index in [1.807, 2.05) is 12.1 Å². The highest BCUT2D eigenvalue weighted by Crippen LogP contribution is 2.35. The van der Waals surface area contributed by atoms with Gasteiger partial charge >= 0.3 is 5.63 Å². The summed E-state index contributed by atoms with van der Waals surface area (Å²) in [6, 6.07) is 5.59. The van der Waals surface area contributed by atoms with Gasteiger partial charge in [0.2, 0.25) is 5.75 Å². The molecule has 5 heteroatoms. The van der Waals surface area contributed by atoms with Crippen LogP contribution in [0.25, 0.3) is 11.0 Å². The van der Waals surface area contributed by atoms with E-state index in [9.17, 15) is 4.79 Å². The number of rotatable bonds is 21. The second kappa shape index (κ2) is 20.0. The molecule has 0 bridgehead atoms. The van der Waals surface area contributed by atoms with E-state index in [-0.39, 0.29) is 5.75 Å². The molecule has 0 radical (unpaired) electrons. The fraction of sp³-hybridized carbons (Fsp3) is 0.571. The lowest BCUT2D eigenvalue weighted by Gasteiger charge is -2.14. The number of benzene rings is 1. The van der Waals surface area contributed by atoms with Crippen molar-refractivity contribution in [3.8, 4) is 17.2 Å². The van der Waals surface area contributed by atoms with Gasteiger partial charge in [-0.25, -0.2) is 4.79 Å². The Bertz CT molecular complexity index is 1130. The first kappa shape index (κ1) is 33.3. The molecule has 40 heavy (non-hydrogen) atoms. The Labute approximate surface area is 242 Å². The van der Waals surface area contributed by atoms with E-state index < -0.39 is 5.63 Å². The van der Waals surface area contributed by atoms with Crippen LogP contribution in [0.3, 0.4) is 0 Å². The zero-order chi connectivity index (χ0) is 29.0. The molecule has 0 saturated heterocycles. The number of hydrogen-bond acceptors (Lipinski definition) is 5. The molecular weight excluding hydrogens is 500 g/mol. The number of ether oxygens (including phenoxy) is 3. The molecule has 2 aromatic rings. The predicted octanol–water partition coefficient (Wildman–Crippen LogP) is 10.1. The summed E-state index contributed by atoms with van der Waals surface area (Å²) in [6.45, 7) is 12.0. The van der Waals surface area contributed by atoms with Crippen molar-refractivity contribution in [2.75, 3.05) is 19.8 Å². The summed E-state index contributed by atoms with van der Waals surface area (Å²) in [5.41, 5.74) is 2.47. The van der Waals surface area contributed by atoms with Crippen molar-refractivity contribution in [3.63, 3.8) is 0 Å². The van der Waals surface area contributed by atoms with Crippen molar-refractivity contribution >= 4 is 11.0 Å². The monoisotopic (exact) mass is 552 g/mol. The highest BCUT2D eigenvalue weighted by Gasteiger charge is 2.18. The largest absolute Gasteiger partial charge is 0.493 e. The van der Waals surface area contributed by atoms with Gasteiger partial charge in [-0.15, -0.1) is 0 Å². The van der Waals surface area contributed by atoms with Crippen molar-refractivity contribution in [2.24, 2.45) is 0 Å². The maximum absolute atomic E-state index is 13.0. The molecule has 222 valence electrons. The molecule has 0 saturated carbocycles. The fourth-order valence-electron chi connectivity index (χ4n) is 4.39. The van der Waals surface area contributed by atoms with Gasteiger partial charge in [0, 0.05) is 6.07 Å². The van der Waals surface area contributed by atoms with Crippen LogP contribution >= 0.6 is 0 Å². The topological polar surface area (TPSA) is 57.9 Å². The Balaban J connectivity index is 2.09. The van der Waals surface area contributed by atoms with Gasteiger partial charge < -0.3 is 18.6 Å². The molecule has 0 fully saturated rings. The van der Waals surface area contributed by atoms with E-state index in [0.717, 1.165) is 25.7 Å². The molecule has 0 N–H and O–H groups in total. The van der Waals surface area contributed by atoms with Crippen LogP contribution in [-0.4, -0.2) is 19.8 Å². The Morgan fingerprint density at radius 3 is 2.27 bits per heavy atom. The highest BCUT2D eigenvalue weighted by molar-refractivity contribution is 5.86. The zero-order valence-corrected chi connectivity index (χ0v) is 25.7. The van der Waals surface area contributed by atoms with Crippen LogP contribution in [0.1, 0.15) is 112 Å². The summed E-state index contributed by atoms with van der Waals surface area (Å²) in [4.78, 5) is 13.0. The van der Waals surface area contributed by atoms with Gasteiger partial charge in [-0.3, -0.25) is 0 Å². The molecule has 1 heterocycles. The average molecular weight is 553 g/mol. The standard InChI is InChI=1S/C35H52O5/c1-6-8-10-12-13-14-15-17-24-37-30-21-22-31-32(27-30)40-35(36)34(38-25-16-11-9-7-2)33(31)39-26-23-29(5)20-18-19-28(3)4/h9,11,19,21-23,27H,6-8,10,12-18,20,24-26H2,1-5H3/b11-9?,29-23+. The first-order valence-electron chi connectivity index (χ1n) is 15.4. The van der Waals surface area contributed by atoms with Gasteiger partial charge in [0.25, 0.3) is 0 Å². The minimum absolute atomic E-state index is 0.126. The molecule has 1 aromatic heterocycles. The summed E-state index contributed by atoms with van der Waals surface area (Å²) < 4.78 is 23.7. The first-order valence-corrected chi connectivity index (χ1v) is 15.4. The number of unbranched alkanes of at least 4 members (excludes halogenated alkanes) is 7.